The quantitative estimate of drug-likeness (QED) is 0.312. The first-order valence-electron chi connectivity index (χ1n) is 9.92. The van der Waals surface area contributed by atoms with Crippen molar-refractivity contribution in [3.05, 3.63) is 103 Å². The molecule has 4 aromatic rings. The molecular weight excluding hydrogens is 406 g/mol. The van der Waals surface area contributed by atoms with Crippen molar-refractivity contribution in [1.82, 2.24) is 0 Å². The SMILES string of the molecule is [Br-].c1ccc(-c2ccc(CCCCC[n+]3cccc4ccccc43)cc2)cc1. The lowest BCUT2D eigenvalue weighted by atomic mass is 10.0. The van der Waals surface area contributed by atoms with Crippen LogP contribution in [0.25, 0.3) is 22.0 Å². The van der Waals surface area contributed by atoms with Crippen LogP contribution in [0.4, 0.5) is 0 Å². The van der Waals surface area contributed by atoms with Gasteiger partial charge in [0, 0.05) is 23.9 Å². The van der Waals surface area contributed by atoms with Gasteiger partial charge in [-0.3, -0.25) is 0 Å². The van der Waals surface area contributed by atoms with Crippen LogP contribution in [0.15, 0.2) is 97.2 Å². The Kier molecular flexibility index (Phi) is 7.39. The third kappa shape index (κ3) is 5.08. The van der Waals surface area contributed by atoms with Crippen LogP contribution in [0.1, 0.15) is 24.8 Å². The Hall–Kier alpha value is -2.45. The van der Waals surface area contributed by atoms with E-state index in [0.717, 1.165) is 13.0 Å². The van der Waals surface area contributed by atoms with Crippen LogP contribution in [-0.2, 0) is 13.0 Å². The molecule has 1 nitrogen and oxygen atoms in total. The summed E-state index contributed by atoms with van der Waals surface area (Å²) in [7, 11) is 0. The highest BCUT2D eigenvalue weighted by atomic mass is 79.9. The number of para-hydroxylation sites is 1. The highest BCUT2D eigenvalue weighted by Gasteiger charge is 2.06. The van der Waals surface area contributed by atoms with Gasteiger partial charge in [-0.25, -0.2) is 0 Å². The lowest BCUT2D eigenvalue weighted by Gasteiger charge is -2.05. The summed E-state index contributed by atoms with van der Waals surface area (Å²) in [5.41, 5.74) is 5.35. The smallest absolute Gasteiger partial charge is 0.212 e. The second kappa shape index (κ2) is 10.2. The number of hydrogen-bond acceptors (Lipinski definition) is 0. The van der Waals surface area contributed by atoms with Crippen LogP contribution in [0.3, 0.4) is 0 Å². The summed E-state index contributed by atoms with van der Waals surface area (Å²) in [6, 6.07) is 32.6. The molecule has 0 unspecified atom stereocenters. The number of fused-ring (bicyclic) bond motifs is 1. The molecule has 2 heteroatoms. The van der Waals surface area contributed by atoms with Crippen LogP contribution in [0.2, 0.25) is 0 Å². The van der Waals surface area contributed by atoms with Gasteiger partial charge in [-0.05, 0) is 48.1 Å². The maximum Gasteiger partial charge on any atom is 0.212 e. The van der Waals surface area contributed by atoms with Crippen molar-refractivity contribution >= 4 is 10.9 Å². The van der Waals surface area contributed by atoms with E-state index >= 15 is 0 Å². The van der Waals surface area contributed by atoms with Gasteiger partial charge >= 0.3 is 0 Å². The van der Waals surface area contributed by atoms with Crippen molar-refractivity contribution in [3.63, 3.8) is 0 Å². The number of nitrogens with zero attached hydrogens (tertiary/aromatic N) is 1. The van der Waals surface area contributed by atoms with E-state index in [4.69, 9.17) is 0 Å². The number of benzene rings is 3. The molecule has 0 N–H and O–H groups in total. The molecule has 0 aliphatic rings. The summed E-state index contributed by atoms with van der Waals surface area (Å²) >= 11 is 0. The Bertz CT molecular complexity index is 988. The molecule has 0 saturated carbocycles. The molecule has 0 atom stereocenters. The normalized spacial score (nSPS) is 10.6. The number of halogens is 1. The first-order valence-corrected chi connectivity index (χ1v) is 9.92. The standard InChI is InChI=1S/C26H26N.BrH/c1-4-11-23(12-5-1)24-18-16-22(17-19-24)10-3-2-8-20-27-21-9-14-25-13-6-7-15-26(25)27;/h1,4-7,9,11-19,21H,2-3,8,10,20H2;1H/q+1;/p-1. The third-order valence-electron chi connectivity index (χ3n) is 5.21. The molecule has 0 saturated heterocycles. The van der Waals surface area contributed by atoms with Crippen molar-refractivity contribution < 1.29 is 21.5 Å². The van der Waals surface area contributed by atoms with Crippen molar-refractivity contribution in [1.29, 1.82) is 0 Å². The summed E-state index contributed by atoms with van der Waals surface area (Å²) in [6.07, 6.45) is 7.09. The van der Waals surface area contributed by atoms with Gasteiger partial charge in [-0.15, -0.1) is 0 Å². The maximum atomic E-state index is 2.38. The predicted octanol–water partition coefficient (Wildman–Crippen LogP) is 3.21. The molecule has 0 amide bonds. The van der Waals surface area contributed by atoms with E-state index in [1.165, 1.54) is 46.9 Å². The van der Waals surface area contributed by atoms with E-state index in [1.807, 2.05) is 0 Å². The number of hydrogen-bond donors (Lipinski definition) is 0. The summed E-state index contributed by atoms with van der Waals surface area (Å²) < 4.78 is 2.38. The molecule has 142 valence electrons. The average Bonchev–Trinajstić information content (AvgIpc) is 2.75. The Balaban J connectivity index is 0.00000225. The summed E-state index contributed by atoms with van der Waals surface area (Å²) in [4.78, 5) is 0. The first-order chi connectivity index (χ1) is 13.4. The largest absolute Gasteiger partial charge is 1.00 e. The Morgan fingerprint density at radius 1 is 0.571 bits per heavy atom. The number of aryl methyl sites for hydroxylation is 2. The average molecular weight is 432 g/mol. The Morgan fingerprint density at radius 2 is 1.25 bits per heavy atom. The second-order valence-corrected chi connectivity index (χ2v) is 7.13. The number of rotatable bonds is 7. The topological polar surface area (TPSA) is 3.88 Å². The van der Waals surface area contributed by atoms with E-state index in [0.29, 0.717) is 0 Å². The van der Waals surface area contributed by atoms with Crippen molar-refractivity contribution in [3.8, 4) is 11.1 Å². The molecule has 0 fully saturated rings. The fourth-order valence-corrected chi connectivity index (χ4v) is 3.70. The maximum absolute atomic E-state index is 2.38. The van der Waals surface area contributed by atoms with Crippen molar-refractivity contribution in [2.75, 3.05) is 0 Å². The second-order valence-electron chi connectivity index (χ2n) is 7.13. The zero-order valence-corrected chi connectivity index (χ0v) is 17.7. The molecule has 0 aliphatic heterocycles. The molecule has 1 heterocycles. The van der Waals surface area contributed by atoms with Crippen molar-refractivity contribution in [2.45, 2.75) is 32.2 Å². The van der Waals surface area contributed by atoms with Crippen molar-refractivity contribution in [2.24, 2.45) is 0 Å². The highest BCUT2D eigenvalue weighted by Crippen LogP contribution is 2.20. The monoisotopic (exact) mass is 431 g/mol. The van der Waals surface area contributed by atoms with Gasteiger partial charge in [0.05, 0.1) is 0 Å². The lowest BCUT2D eigenvalue weighted by molar-refractivity contribution is -0.671. The molecule has 0 radical (unpaired) electrons. The molecule has 28 heavy (non-hydrogen) atoms. The molecule has 1 aromatic heterocycles. The van der Waals surface area contributed by atoms with Gasteiger partial charge in [0.15, 0.2) is 6.20 Å². The summed E-state index contributed by atoms with van der Waals surface area (Å²) in [5, 5.41) is 1.32. The Labute approximate surface area is 178 Å². The number of unbranched alkanes of at least 4 members (excludes halogenated alkanes) is 2. The minimum atomic E-state index is 0. The van der Waals surface area contributed by atoms with Gasteiger partial charge in [0.25, 0.3) is 0 Å². The van der Waals surface area contributed by atoms with Crippen LogP contribution < -0.4 is 21.5 Å². The van der Waals surface area contributed by atoms with Gasteiger partial charge in [0.2, 0.25) is 5.52 Å². The van der Waals surface area contributed by atoms with Crippen LogP contribution in [0.5, 0.6) is 0 Å². The molecule has 4 rings (SSSR count). The van der Waals surface area contributed by atoms with Crippen LogP contribution in [0, 0.1) is 0 Å². The number of aromatic nitrogens is 1. The van der Waals surface area contributed by atoms with Gasteiger partial charge in [-0.2, -0.15) is 4.57 Å². The van der Waals surface area contributed by atoms with E-state index < -0.39 is 0 Å². The zero-order valence-electron chi connectivity index (χ0n) is 16.1. The fourth-order valence-electron chi connectivity index (χ4n) is 3.70. The van der Waals surface area contributed by atoms with E-state index in [1.54, 1.807) is 0 Å². The summed E-state index contributed by atoms with van der Waals surface area (Å²) in [6.45, 7) is 1.09. The predicted molar refractivity (Wildman–Crippen MR) is 114 cm³/mol. The zero-order chi connectivity index (χ0) is 18.3. The van der Waals surface area contributed by atoms with E-state index in [2.05, 4.69) is 102 Å². The van der Waals surface area contributed by atoms with Crippen LogP contribution >= 0.6 is 0 Å². The minimum Gasteiger partial charge on any atom is -1.00 e. The van der Waals surface area contributed by atoms with Gasteiger partial charge in [-0.1, -0.05) is 66.7 Å². The molecule has 0 spiro atoms. The lowest BCUT2D eigenvalue weighted by Crippen LogP contribution is -3.00. The van der Waals surface area contributed by atoms with Gasteiger partial charge in [0.1, 0.15) is 6.54 Å². The van der Waals surface area contributed by atoms with E-state index in [9.17, 15) is 0 Å². The molecular formula is C26H26BrN. The van der Waals surface area contributed by atoms with E-state index in [-0.39, 0.29) is 17.0 Å². The third-order valence-corrected chi connectivity index (χ3v) is 5.21. The van der Waals surface area contributed by atoms with Gasteiger partial charge < -0.3 is 17.0 Å². The first kappa shape index (κ1) is 20.3. The minimum absolute atomic E-state index is 0. The van der Waals surface area contributed by atoms with Crippen LogP contribution in [-0.4, -0.2) is 0 Å². The highest BCUT2D eigenvalue weighted by molar-refractivity contribution is 5.74. The molecule has 3 aromatic carbocycles. The number of pyridine rings is 1. The summed E-state index contributed by atoms with van der Waals surface area (Å²) in [5.74, 6) is 0. The fraction of sp³-hybridized carbons (Fsp3) is 0.192. The Morgan fingerprint density at radius 3 is 2.07 bits per heavy atom. The molecule has 0 bridgehead atoms. The molecule has 0 aliphatic carbocycles.